The molecule has 0 fully saturated rings. The molecule has 0 aliphatic rings. The zero-order valence-electron chi connectivity index (χ0n) is 42.1. The predicted molar refractivity (Wildman–Crippen MR) is 269 cm³/mol. The molecule has 370 valence electrons. The van der Waals surface area contributed by atoms with E-state index in [1.807, 2.05) is 0 Å². The number of esters is 1. The molecule has 0 saturated carbocycles. The summed E-state index contributed by atoms with van der Waals surface area (Å²) >= 11 is 0. The fourth-order valence-corrected chi connectivity index (χ4v) is 9.05. The molecule has 0 radical (unpaired) electrons. The molecule has 2 atom stereocenters. The average Bonchev–Trinajstić information content (AvgIpc) is 3.27. The van der Waals surface area contributed by atoms with E-state index in [2.05, 4.69) is 19.2 Å². The van der Waals surface area contributed by atoms with Crippen LogP contribution in [0.5, 0.6) is 0 Å². The van der Waals surface area contributed by atoms with Crippen LogP contribution in [0.25, 0.3) is 0 Å². The van der Waals surface area contributed by atoms with Gasteiger partial charge in [0.1, 0.15) is 0 Å². The highest BCUT2D eigenvalue weighted by Gasteiger charge is 2.20. The summed E-state index contributed by atoms with van der Waals surface area (Å²) in [6.45, 7) is 4.91. The average molecular weight is 879 g/mol. The summed E-state index contributed by atoms with van der Waals surface area (Å²) in [5, 5.41) is 23.3. The lowest BCUT2D eigenvalue weighted by Gasteiger charge is -2.22. The minimum Gasteiger partial charge on any atom is -0.466 e. The van der Waals surface area contributed by atoms with Crippen LogP contribution in [0.3, 0.4) is 0 Å². The first-order chi connectivity index (χ1) is 30.5. The van der Waals surface area contributed by atoms with E-state index < -0.39 is 12.1 Å². The highest BCUT2D eigenvalue weighted by Crippen LogP contribution is 2.18. The highest BCUT2D eigenvalue weighted by atomic mass is 16.5. The molecule has 0 saturated heterocycles. The zero-order chi connectivity index (χ0) is 45.1. The Morgan fingerprint density at radius 2 is 0.661 bits per heavy atom. The Morgan fingerprint density at radius 3 is 0.984 bits per heavy atom. The molecule has 1 amide bonds. The van der Waals surface area contributed by atoms with E-state index in [0.717, 1.165) is 57.8 Å². The van der Waals surface area contributed by atoms with Crippen LogP contribution in [0.15, 0.2) is 0 Å². The SMILES string of the molecule is CCCCCCCCCCCCCCCCCCCCCCCCCCCC(O)C(CO)NC(=O)CCCCCCCCCCCOC(=O)CCCCCCCCCCCCC. The summed E-state index contributed by atoms with van der Waals surface area (Å²) in [6, 6.07) is -0.560. The molecule has 0 rings (SSSR count). The molecule has 2 unspecified atom stereocenters. The smallest absolute Gasteiger partial charge is 0.305 e. The van der Waals surface area contributed by atoms with Crippen molar-refractivity contribution < 1.29 is 24.5 Å². The summed E-state index contributed by atoms with van der Waals surface area (Å²) in [5.74, 6) is -0.0816. The van der Waals surface area contributed by atoms with Crippen molar-refractivity contribution in [2.45, 2.75) is 334 Å². The number of ether oxygens (including phenoxy) is 1. The van der Waals surface area contributed by atoms with Gasteiger partial charge in [0.05, 0.1) is 25.4 Å². The van der Waals surface area contributed by atoms with Gasteiger partial charge in [-0.3, -0.25) is 9.59 Å². The molecule has 0 aromatic rings. The molecule has 0 aromatic heterocycles. The van der Waals surface area contributed by atoms with Gasteiger partial charge >= 0.3 is 5.97 Å². The molecule has 6 nitrogen and oxygen atoms in total. The minimum atomic E-state index is -0.681. The summed E-state index contributed by atoms with van der Waals surface area (Å²) in [6.07, 6.45) is 59.5. The van der Waals surface area contributed by atoms with Crippen LogP contribution in [0, 0.1) is 0 Å². The summed E-state index contributed by atoms with van der Waals surface area (Å²) in [4.78, 5) is 24.5. The Labute approximate surface area is 387 Å². The standard InChI is InChI=1S/C56H111NO5/c1-3-5-7-9-11-13-15-16-17-18-19-20-21-22-23-24-25-26-27-28-30-32-36-40-44-48-54(59)53(52-58)57-55(60)49-45-41-37-33-31-35-39-43-47-51-62-56(61)50-46-42-38-34-29-14-12-10-8-6-4-2/h53-54,58-59H,3-52H2,1-2H3,(H,57,60). The van der Waals surface area contributed by atoms with Crippen molar-refractivity contribution in [1.82, 2.24) is 5.32 Å². The molecule has 0 bridgehead atoms. The maximum absolute atomic E-state index is 12.5. The third kappa shape index (κ3) is 48.3. The van der Waals surface area contributed by atoms with E-state index in [1.54, 1.807) is 0 Å². The van der Waals surface area contributed by atoms with Crippen LogP contribution in [-0.4, -0.2) is 47.4 Å². The Balaban J connectivity index is 3.45. The number of unbranched alkanes of at least 4 members (excludes halogenated alkanes) is 42. The number of aliphatic hydroxyl groups excluding tert-OH is 2. The van der Waals surface area contributed by atoms with Gasteiger partial charge in [0.2, 0.25) is 5.91 Å². The molecule has 3 N–H and O–H groups in total. The van der Waals surface area contributed by atoms with Crippen LogP contribution in [0.4, 0.5) is 0 Å². The number of aliphatic hydroxyl groups is 2. The van der Waals surface area contributed by atoms with Crippen molar-refractivity contribution in [3.8, 4) is 0 Å². The molecule has 0 spiro atoms. The monoisotopic (exact) mass is 878 g/mol. The second-order valence-corrected chi connectivity index (χ2v) is 19.6. The van der Waals surface area contributed by atoms with Crippen molar-refractivity contribution >= 4 is 11.9 Å². The van der Waals surface area contributed by atoms with Gasteiger partial charge in [-0.25, -0.2) is 0 Å². The summed E-state index contributed by atoms with van der Waals surface area (Å²) in [7, 11) is 0. The molecule has 0 aromatic carbocycles. The fraction of sp³-hybridized carbons (Fsp3) is 0.964. The van der Waals surface area contributed by atoms with Crippen molar-refractivity contribution in [2.24, 2.45) is 0 Å². The van der Waals surface area contributed by atoms with Crippen molar-refractivity contribution in [3.05, 3.63) is 0 Å². The summed E-state index contributed by atoms with van der Waals surface area (Å²) < 4.78 is 5.44. The predicted octanol–water partition coefficient (Wildman–Crippen LogP) is 17.1. The number of hydrogen-bond acceptors (Lipinski definition) is 5. The molecule has 6 heteroatoms. The third-order valence-corrected chi connectivity index (χ3v) is 13.4. The van der Waals surface area contributed by atoms with Crippen LogP contribution in [0.1, 0.15) is 322 Å². The van der Waals surface area contributed by atoms with E-state index in [0.29, 0.717) is 25.9 Å². The van der Waals surface area contributed by atoms with Gasteiger partial charge in [0, 0.05) is 12.8 Å². The molecule has 62 heavy (non-hydrogen) atoms. The van der Waals surface area contributed by atoms with E-state index in [9.17, 15) is 19.8 Å². The Kier molecular flexibility index (Phi) is 51.5. The number of hydrogen-bond donors (Lipinski definition) is 3. The first kappa shape index (κ1) is 60.9. The van der Waals surface area contributed by atoms with Gasteiger partial charge in [0.15, 0.2) is 0 Å². The lowest BCUT2D eigenvalue weighted by molar-refractivity contribution is -0.143. The van der Waals surface area contributed by atoms with Crippen LogP contribution in [-0.2, 0) is 14.3 Å². The topological polar surface area (TPSA) is 95.9 Å². The third-order valence-electron chi connectivity index (χ3n) is 13.4. The van der Waals surface area contributed by atoms with Gasteiger partial charge in [-0.2, -0.15) is 0 Å². The minimum absolute atomic E-state index is 0.0237. The van der Waals surface area contributed by atoms with E-state index in [-0.39, 0.29) is 18.5 Å². The normalized spacial score (nSPS) is 12.5. The van der Waals surface area contributed by atoms with Crippen LogP contribution >= 0.6 is 0 Å². The highest BCUT2D eigenvalue weighted by molar-refractivity contribution is 5.76. The van der Waals surface area contributed by atoms with Crippen molar-refractivity contribution in [1.29, 1.82) is 0 Å². The fourth-order valence-electron chi connectivity index (χ4n) is 9.05. The lowest BCUT2D eigenvalue weighted by atomic mass is 10.0. The molecule has 0 aliphatic heterocycles. The lowest BCUT2D eigenvalue weighted by Crippen LogP contribution is -2.45. The second-order valence-electron chi connectivity index (χ2n) is 19.6. The van der Waals surface area contributed by atoms with E-state index >= 15 is 0 Å². The maximum Gasteiger partial charge on any atom is 0.305 e. The number of carbonyl (C=O) groups excluding carboxylic acids is 2. The number of amides is 1. The molecule has 0 heterocycles. The van der Waals surface area contributed by atoms with Gasteiger partial charge in [-0.05, 0) is 25.7 Å². The Bertz CT molecular complexity index is 882. The van der Waals surface area contributed by atoms with Gasteiger partial charge in [0.25, 0.3) is 0 Å². The Morgan fingerprint density at radius 1 is 0.387 bits per heavy atom. The molecular weight excluding hydrogens is 767 g/mol. The van der Waals surface area contributed by atoms with Crippen LogP contribution < -0.4 is 5.32 Å². The van der Waals surface area contributed by atoms with Crippen molar-refractivity contribution in [2.75, 3.05) is 13.2 Å². The number of rotatable bonds is 53. The van der Waals surface area contributed by atoms with E-state index in [1.165, 1.54) is 231 Å². The first-order valence-corrected chi connectivity index (χ1v) is 28.3. The van der Waals surface area contributed by atoms with Gasteiger partial charge < -0.3 is 20.3 Å². The van der Waals surface area contributed by atoms with Crippen LogP contribution in [0.2, 0.25) is 0 Å². The Hall–Kier alpha value is -1.14. The zero-order valence-corrected chi connectivity index (χ0v) is 42.1. The number of carbonyl (C=O) groups is 2. The van der Waals surface area contributed by atoms with Gasteiger partial charge in [-0.1, -0.05) is 284 Å². The van der Waals surface area contributed by atoms with Crippen molar-refractivity contribution in [3.63, 3.8) is 0 Å². The van der Waals surface area contributed by atoms with E-state index in [4.69, 9.17) is 4.74 Å². The first-order valence-electron chi connectivity index (χ1n) is 28.3. The largest absolute Gasteiger partial charge is 0.466 e. The quantitative estimate of drug-likeness (QED) is 0.0418. The summed E-state index contributed by atoms with van der Waals surface area (Å²) in [5.41, 5.74) is 0. The maximum atomic E-state index is 12.5. The number of nitrogens with one attached hydrogen (secondary N) is 1. The molecular formula is C56H111NO5. The molecule has 0 aliphatic carbocycles. The second kappa shape index (κ2) is 52.5. The van der Waals surface area contributed by atoms with Gasteiger partial charge in [-0.15, -0.1) is 0 Å².